The molecule has 0 aromatic carbocycles. The van der Waals surface area contributed by atoms with Gasteiger partial charge in [-0.3, -0.25) is 4.90 Å². The van der Waals surface area contributed by atoms with Crippen LogP contribution in [0.5, 0.6) is 0 Å². The highest BCUT2D eigenvalue weighted by atomic mass is 15.2. The lowest BCUT2D eigenvalue weighted by Gasteiger charge is -2.29. The monoisotopic (exact) mass is 262 g/mol. The zero-order chi connectivity index (χ0) is 13.4. The Hall–Kier alpha value is -0.870. The molecule has 4 nitrogen and oxygen atoms in total. The van der Waals surface area contributed by atoms with Crippen molar-refractivity contribution in [3.05, 3.63) is 17.7 Å². The first kappa shape index (κ1) is 13.1. The highest BCUT2D eigenvalue weighted by Crippen LogP contribution is 2.24. The van der Waals surface area contributed by atoms with Gasteiger partial charge in [-0.25, -0.2) is 4.98 Å². The van der Waals surface area contributed by atoms with Crippen LogP contribution in [-0.2, 0) is 19.4 Å². The van der Waals surface area contributed by atoms with Crippen molar-refractivity contribution in [3.63, 3.8) is 0 Å². The molecule has 0 saturated carbocycles. The zero-order valence-electron chi connectivity index (χ0n) is 12.2. The van der Waals surface area contributed by atoms with E-state index in [4.69, 9.17) is 5.73 Å². The van der Waals surface area contributed by atoms with Crippen molar-refractivity contribution in [3.8, 4) is 0 Å². The number of hydrogen-bond acceptors (Lipinski definition) is 3. The Morgan fingerprint density at radius 3 is 3.00 bits per heavy atom. The second-order valence-corrected chi connectivity index (χ2v) is 6.40. The fourth-order valence-corrected chi connectivity index (χ4v) is 3.69. The SMILES string of the molecule is CC(C)N1CCCC1Cc1ncc2n1CCC(N)C2. The normalized spacial score (nSPS) is 28.0. The Balaban J connectivity index is 1.74. The maximum atomic E-state index is 6.03. The van der Waals surface area contributed by atoms with Crippen LogP contribution in [0, 0.1) is 0 Å². The van der Waals surface area contributed by atoms with Gasteiger partial charge in [0.2, 0.25) is 0 Å². The summed E-state index contributed by atoms with van der Waals surface area (Å²) < 4.78 is 2.42. The van der Waals surface area contributed by atoms with Crippen molar-refractivity contribution in [1.82, 2.24) is 14.5 Å². The molecule has 0 amide bonds. The molecule has 2 aliphatic rings. The molecule has 1 aromatic heterocycles. The van der Waals surface area contributed by atoms with Crippen LogP contribution in [-0.4, -0.2) is 39.1 Å². The number of rotatable bonds is 3. The number of likely N-dealkylation sites (tertiary alicyclic amines) is 1. The standard InChI is InChI=1S/C15H26N4/c1-11(2)18-6-3-4-13(18)9-15-17-10-14-8-12(16)5-7-19(14)15/h10-13H,3-9,16H2,1-2H3. The van der Waals surface area contributed by atoms with Gasteiger partial charge in [-0.05, 0) is 39.7 Å². The number of nitrogens with zero attached hydrogens (tertiary/aromatic N) is 3. The summed E-state index contributed by atoms with van der Waals surface area (Å²) in [6, 6.07) is 1.66. The summed E-state index contributed by atoms with van der Waals surface area (Å²) in [7, 11) is 0. The molecule has 4 heteroatoms. The number of aromatic nitrogens is 2. The molecule has 3 heterocycles. The van der Waals surface area contributed by atoms with Gasteiger partial charge in [0.1, 0.15) is 5.82 Å². The Morgan fingerprint density at radius 1 is 1.37 bits per heavy atom. The molecule has 19 heavy (non-hydrogen) atoms. The molecule has 2 N–H and O–H groups in total. The van der Waals surface area contributed by atoms with E-state index in [9.17, 15) is 0 Å². The second kappa shape index (κ2) is 5.25. The van der Waals surface area contributed by atoms with E-state index in [1.807, 2.05) is 6.20 Å². The third-order valence-corrected chi connectivity index (χ3v) is 4.72. The molecular formula is C15H26N4. The summed E-state index contributed by atoms with van der Waals surface area (Å²) in [5.41, 5.74) is 7.37. The Labute approximate surface area is 116 Å². The smallest absolute Gasteiger partial charge is 0.110 e. The second-order valence-electron chi connectivity index (χ2n) is 6.40. The molecule has 0 bridgehead atoms. The predicted octanol–water partition coefficient (Wildman–Crippen LogP) is 1.57. The van der Waals surface area contributed by atoms with Crippen LogP contribution < -0.4 is 5.73 Å². The van der Waals surface area contributed by atoms with E-state index in [-0.39, 0.29) is 0 Å². The van der Waals surface area contributed by atoms with Gasteiger partial charge >= 0.3 is 0 Å². The molecule has 2 atom stereocenters. The molecule has 1 fully saturated rings. The third-order valence-electron chi connectivity index (χ3n) is 4.72. The van der Waals surface area contributed by atoms with Crippen LogP contribution in [0.4, 0.5) is 0 Å². The van der Waals surface area contributed by atoms with Gasteiger partial charge in [0.05, 0.1) is 0 Å². The third kappa shape index (κ3) is 2.56. The first-order valence-corrected chi connectivity index (χ1v) is 7.69. The Kier molecular flexibility index (Phi) is 3.63. The van der Waals surface area contributed by atoms with Gasteiger partial charge in [-0.15, -0.1) is 0 Å². The van der Waals surface area contributed by atoms with Gasteiger partial charge < -0.3 is 10.3 Å². The van der Waals surface area contributed by atoms with Crippen LogP contribution in [0.2, 0.25) is 0 Å². The molecule has 1 aromatic rings. The van der Waals surface area contributed by atoms with E-state index in [2.05, 4.69) is 28.3 Å². The zero-order valence-corrected chi connectivity index (χ0v) is 12.2. The Morgan fingerprint density at radius 2 is 2.21 bits per heavy atom. The summed E-state index contributed by atoms with van der Waals surface area (Å²) in [5, 5.41) is 0. The fourth-order valence-electron chi connectivity index (χ4n) is 3.69. The number of imidazole rings is 1. The highest BCUT2D eigenvalue weighted by molar-refractivity contribution is 5.11. The number of nitrogens with two attached hydrogens (primary N) is 1. The minimum Gasteiger partial charge on any atom is -0.332 e. The van der Waals surface area contributed by atoms with E-state index >= 15 is 0 Å². The first-order chi connectivity index (χ1) is 9.15. The lowest BCUT2D eigenvalue weighted by molar-refractivity contribution is 0.199. The first-order valence-electron chi connectivity index (χ1n) is 7.69. The highest BCUT2D eigenvalue weighted by Gasteiger charge is 2.29. The topological polar surface area (TPSA) is 47.1 Å². The molecular weight excluding hydrogens is 236 g/mol. The van der Waals surface area contributed by atoms with Crippen molar-refractivity contribution in [2.45, 2.75) is 70.6 Å². The van der Waals surface area contributed by atoms with Gasteiger partial charge in [-0.2, -0.15) is 0 Å². The molecule has 106 valence electrons. The van der Waals surface area contributed by atoms with Crippen molar-refractivity contribution in [2.24, 2.45) is 5.73 Å². The molecule has 2 unspecified atom stereocenters. The van der Waals surface area contributed by atoms with Crippen LogP contribution >= 0.6 is 0 Å². The van der Waals surface area contributed by atoms with E-state index < -0.39 is 0 Å². The molecule has 1 saturated heterocycles. The largest absolute Gasteiger partial charge is 0.332 e. The summed E-state index contributed by atoms with van der Waals surface area (Å²) in [5.74, 6) is 1.28. The molecule has 2 aliphatic heterocycles. The van der Waals surface area contributed by atoms with Gasteiger partial charge in [0.25, 0.3) is 0 Å². The molecule has 0 aliphatic carbocycles. The van der Waals surface area contributed by atoms with E-state index in [1.165, 1.54) is 30.9 Å². The van der Waals surface area contributed by atoms with Crippen LogP contribution in [0.1, 0.15) is 44.6 Å². The average molecular weight is 262 g/mol. The van der Waals surface area contributed by atoms with Gasteiger partial charge in [0.15, 0.2) is 0 Å². The Bertz CT molecular complexity index is 437. The van der Waals surface area contributed by atoms with Crippen molar-refractivity contribution < 1.29 is 0 Å². The van der Waals surface area contributed by atoms with Crippen LogP contribution in [0.3, 0.4) is 0 Å². The maximum absolute atomic E-state index is 6.03. The molecule has 0 spiro atoms. The lowest BCUT2D eigenvalue weighted by atomic mass is 10.0. The molecule has 0 radical (unpaired) electrons. The summed E-state index contributed by atoms with van der Waals surface area (Å²) in [4.78, 5) is 7.31. The number of fused-ring (bicyclic) bond motifs is 1. The van der Waals surface area contributed by atoms with E-state index in [0.717, 1.165) is 25.8 Å². The lowest BCUT2D eigenvalue weighted by Crippen LogP contribution is -2.37. The van der Waals surface area contributed by atoms with Crippen molar-refractivity contribution >= 4 is 0 Å². The summed E-state index contributed by atoms with van der Waals surface area (Å²) >= 11 is 0. The van der Waals surface area contributed by atoms with E-state index in [0.29, 0.717) is 18.1 Å². The van der Waals surface area contributed by atoms with Gasteiger partial charge in [0, 0.05) is 49.4 Å². The van der Waals surface area contributed by atoms with Crippen molar-refractivity contribution in [1.29, 1.82) is 0 Å². The molecule has 3 rings (SSSR count). The fraction of sp³-hybridized carbons (Fsp3) is 0.800. The van der Waals surface area contributed by atoms with Crippen molar-refractivity contribution in [2.75, 3.05) is 6.54 Å². The van der Waals surface area contributed by atoms with Crippen LogP contribution in [0.15, 0.2) is 6.20 Å². The maximum Gasteiger partial charge on any atom is 0.110 e. The summed E-state index contributed by atoms with van der Waals surface area (Å²) in [6.45, 7) is 6.91. The predicted molar refractivity (Wildman–Crippen MR) is 77.1 cm³/mol. The van der Waals surface area contributed by atoms with E-state index in [1.54, 1.807) is 0 Å². The van der Waals surface area contributed by atoms with Crippen LogP contribution in [0.25, 0.3) is 0 Å². The summed E-state index contributed by atoms with van der Waals surface area (Å²) in [6.07, 6.45) is 7.89. The van der Waals surface area contributed by atoms with Gasteiger partial charge in [-0.1, -0.05) is 0 Å². The average Bonchev–Trinajstić information content (AvgIpc) is 2.97. The minimum atomic E-state index is 0.329. The number of hydrogen-bond donors (Lipinski definition) is 1. The quantitative estimate of drug-likeness (QED) is 0.899. The minimum absolute atomic E-state index is 0.329.